The van der Waals surface area contributed by atoms with E-state index in [-0.39, 0.29) is 0 Å². The molecule has 2 heteroatoms. The number of ether oxygens (including phenoxy) is 2. The summed E-state index contributed by atoms with van der Waals surface area (Å²) in [7, 11) is 0. The molecule has 0 N–H and O–H groups in total. The monoisotopic (exact) mass is 163 g/mol. The Morgan fingerprint density at radius 3 is 3.25 bits per heavy atom. The van der Waals surface area contributed by atoms with Gasteiger partial charge in [-0.05, 0) is 30.7 Å². The molecule has 0 saturated carbocycles. The molecule has 1 fully saturated rings. The second-order valence-electron chi connectivity index (χ2n) is 2.97. The lowest BCUT2D eigenvalue weighted by Crippen LogP contribution is -2.03. The smallest absolute Gasteiger partial charge is 0.119 e. The van der Waals surface area contributed by atoms with Crippen molar-refractivity contribution in [3.8, 4) is 5.75 Å². The molecule has 1 saturated heterocycles. The third kappa shape index (κ3) is 1.98. The predicted molar refractivity (Wildman–Crippen MR) is 45.3 cm³/mol. The molecule has 1 unspecified atom stereocenters. The van der Waals surface area contributed by atoms with E-state index in [2.05, 4.69) is 6.07 Å². The molecule has 0 amide bonds. The largest absolute Gasteiger partial charge is 0.491 e. The molecule has 1 aliphatic rings. The van der Waals surface area contributed by atoms with Gasteiger partial charge < -0.3 is 9.47 Å². The number of epoxide rings is 1. The van der Waals surface area contributed by atoms with Gasteiger partial charge in [0.2, 0.25) is 0 Å². The minimum atomic E-state index is 0.328. The lowest BCUT2D eigenvalue weighted by molar-refractivity contribution is 0.263. The molecule has 2 rings (SSSR count). The first-order valence-corrected chi connectivity index (χ1v) is 4.07. The Morgan fingerprint density at radius 1 is 1.75 bits per heavy atom. The third-order valence-electron chi connectivity index (χ3n) is 1.76. The van der Waals surface area contributed by atoms with Crippen molar-refractivity contribution in [2.45, 2.75) is 13.0 Å². The summed E-state index contributed by atoms with van der Waals surface area (Å²) >= 11 is 0. The predicted octanol–water partition coefficient (Wildman–Crippen LogP) is 1.57. The maximum absolute atomic E-state index is 5.47. The molecule has 0 aliphatic carbocycles. The standard InChI is InChI=1S/C10H11O2/c1-8-3-2-4-9(5-8)11-6-10-7-12-10/h2,4-5,10H,6-7H2,1H3. The molecule has 12 heavy (non-hydrogen) atoms. The van der Waals surface area contributed by atoms with Gasteiger partial charge in [-0.3, -0.25) is 0 Å². The fourth-order valence-electron chi connectivity index (χ4n) is 1.00. The maximum Gasteiger partial charge on any atom is 0.119 e. The van der Waals surface area contributed by atoms with Crippen molar-refractivity contribution in [2.75, 3.05) is 13.2 Å². The Balaban J connectivity index is 1.92. The van der Waals surface area contributed by atoms with Crippen molar-refractivity contribution in [3.63, 3.8) is 0 Å². The van der Waals surface area contributed by atoms with Gasteiger partial charge in [-0.2, -0.15) is 0 Å². The third-order valence-corrected chi connectivity index (χ3v) is 1.76. The molecule has 2 nitrogen and oxygen atoms in total. The molecule has 1 aliphatic heterocycles. The fourth-order valence-corrected chi connectivity index (χ4v) is 1.00. The molecule has 1 atom stereocenters. The van der Waals surface area contributed by atoms with Crippen LogP contribution in [0.1, 0.15) is 5.56 Å². The molecule has 1 heterocycles. The summed E-state index contributed by atoms with van der Waals surface area (Å²) in [5.41, 5.74) is 1.10. The van der Waals surface area contributed by atoms with Crippen LogP contribution in [0.15, 0.2) is 18.2 Å². The average Bonchev–Trinajstić information content (AvgIpc) is 2.84. The first-order chi connectivity index (χ1) is 5.84. The van der Waals surface area contributed by atoms with E-state index in [1.807, 2.05) is 25.1 Å². The van der Waals surface area contributed by atoms with Gasteiger partial charge in [-0.1, -0.05) is 6.07 Å². The van der Waals surface area contributed by atoms with Gasteiger partial charge >= 0.3 is 0 Å². The van der Waals surface area contributed by atoms with Crippen LogP contribution in [0.5, 0.6) is 5.75 Å². The van der Waals surface area contributed by atoms with Crippen LogP contribution in [0.3, 0.4) is 0 Å². The Morgan fingerprint density at radius 2 is 2.58 bits per heavy atom. The van der Waals surface area contributed by atoms with E-state index < -0.39 is 0 Å². The minimum Gasteiger partial charge on any atom is -0.491 e. The topological polar surface area (TPSA) is 21.8 Å². The van der Waals surface area contributed by atoms with E-state index in [0.717, 1.165) is 17.9 Å². The highest BCUT2D eigenvalue weighted by Crippen LogP contribution is 2.15. The van der Waals surface area contributed by atoms with Crippen molar-refractivity contribution in [1.29, 1.82) is 0 Å². The summed E-state index contributed by atoms with van der Waals surface area (Å²) in [5.74, 6) is 0.904. The number of hydrogen-bond acceptors (Lipinski definition) is 2. The van der Waals surface area contributed by atoms with Crippen LogP contribution in [-0.4, -0.2) is 19.3 Å². The summed E-state index contributed by atoms with van der Waals surface area (Å²) in [6.07, 6.45) is 0.328. The average molecular weight is 163 g/mol. The van der Waals surface area contributed by atoms with Crippen LogP contribution in [0.4, 0.5) is 0 Å². The Bertz CT molecular complexity index is 266. The minimum absolute atomic E-state index is 0.328. The van der Waals surface area contributed by atoms with Gasteiger partial charge in [0.25, 0.3) is 0 Å². The highest BCUT2D eigenvalue weighted by Gasteiger charge is 2.22. The van der Waals surface area contributed by atoms with E-state index in [1.165, 1.54) is 0 Å². The summed E-state index contributed by atoms with van der Waals surface area (Å²) in [4.78, 5) is 0. The van der Waals surface area contributed by atoms with Gasteiger partial charge in [0.1, 0.15) is 18.5 Å². The van der Waals surface area contributed by atoms with Gasteiger partial charge in [0.05, 0.1) is 6.61 Å². The van der Waals surface area contributed by atoms with Crippen LogP contribution in [-0.2, 0) is 4.74 Å². The number of aryl methyl sites for hydroxylation is 1. The first kappa shape index (κ1) is 7.62. The molecular weight excluding hydrogens is 152 g/mol. The molecule has 63 valence electrons. The molecule has 0 bridgehead atoms. The van der Waals surface area contributed by atoms with Crippen LogP contribution < -0.4 is 4.74 Å². The SMILES string of the molecule is Cc1[c]ccc(OCC2CO2)c1. The zero-order chi connectivity index (χ0) is 8.39. The van der Waals surface area contributed by atoms with E-state index in [4.69, 9.17) is 9.47 Å². The normalized spacial score (nSPS) is 20.6. The van der Waals surface area contributed by atoms with Crippen molar-refractivity contribution in [1.82, 2.24) is 0 Å². The molecule has 1 aromatic rings. The lowest BCUT2D eigenvalue weighted by atomic mass is 10.2. The van der Waals surface area contributed by atoms with E-state index in [1.54, 1.807) is 0 Å². The molecule has 1 radical (unpaired) electrons. The van der Waals surface area contributed by atoms with Crippen LogP contribution in [0.25, 0.3) is 0 Å². The Hall–Kier alpha value is -1.02. The summed E-state index contributed by atoms with van der Waals surface area (Å²) in [5, 5.41) is 0. The van der Waals surface area contributed by atoms with Crippen LogP contribution in [0.2, 0.25) is 0 Å². The van der Waals surface area contributed by atoms with Gasteiger partial charge in [0, 0.05) is 0 Å². The van der Waals surface area contributed by atoms with Crippen molar-refractivity contribution >= 4 is 0 Å². The van der Waals surface area contributed by atoms with Crippen molar-refractivity contribution in [3.05, 3.63) is 29.8 Å². The van der Waals surface area contributed by atoms with Gasteiger partial charge in [0.15, 0.2) is 0 Å². The Labute approximate surface area is 72.1 Å². The zero-order valence-corrected chi connectivity index (χ0v) is 7.04. The summed E-state index contributed by atoms with van der Waals surface area (Å²) in [6, 6.07) is 8.82. The second-order valence-corrected chi connectivity index (χ2v) is 2.97. The van der Waals surface area contributed by atoms with Crippen LogP contribution in [0, 0.1) is 13.0 Å². The molecule has 1 aromatic carbocycles. The summed E-state index contributed by atoms with van der Waals surface area (Å²) < 4.78 is 10.5. The number of hydrogen-bond donors (Lipinski definition) is 0. The molecule has 0 spiro atoms. The van der Waals surface area contributed by atoms with Gasteiger partial charge in [-0.25, -0.2) is 0 Å². The quantitative estimate of drug-likeness (QED) is 0.631. The van der Waals surface area contributed by atoms with E-state index >= 15 is 0 Å². The Kier molecular flexibility index (Phi) is 2.00. The van der Waals surface area contributed by atoms with Crippen molar-refractivity contribution < 1.29 is 9.47 Å². The zero-order valence-electron chi connectivity index (χ0n) is 7.04. The second kappa shape index (κ2) is 3.15. The number of benzene rings is 1. The highest BCUT2D eigenvalue weighted by atomic mass is 16.6. The first-order valence-electron chi connectivity index (χ1n) is 4.07. The summed E-state index contributed by atoms with van der Waals surface area (Å²) in [6.45, 7) is 3.52. The molecular formula is C10H11O2. The highest BCUT2D eigenvalue weighted by molar-refractivity contribution is 5.26. The van der Waals surface area contributed by atoms with E-state index in [0.29, 0.717) is 12.7 Å². The fraction of sp³-hybridized carbons (Fsp3) is 0.400. The van der Waals surface area contributed by atoms with Gasteiger partial charge in [-0.15, -0.1) is 0 Å². The lowest BCUT2D eigenvalue weighted by Gasteiger charge is -2.03. The maximum atomic E-state index is 5.47. The van der Waals surface area contributed by atoms with Crippen LogP contribution >= 0.6 is 0 Å². The van der Waals surface area contributed by atoms with Crippen molar-refractivity contribution in [2.24, 2.45) is 0 Å². The van der Waals surface area contributed by atoms with E-state index in [9.17, 15) is 0 Å². The number of rotatable bonds is 3. The molecule has 0 aromatic heterocycles.